The summed E-state index contributed by atoms with van der Waals surface area (Å²) in [5.41, 5.74) is 3.78. The van der Waals surface area contributed by atoms with Crippen LogP contribution < -0.4 is 5.32 Å². The van der Waals surface area contributed by atoms with Crippen molar-refractivity contribution in [2.75, 3.05) is 0 Å². The molecule has 0 bridgehead atoms. The maximum Gasteiger partial charge on any atom is 0.235 e. The molecule has 1 aromatic heterocycles. The van der Waals surface area contributed by atoms with Crippen LogP contribution in [0.25, 0.3) is 10.9 Å². The summed E-state index contributed by atoms with van der Waals surface area (Å²) < 4.78 is 0. The van der Waals surface area contributed by atoms with Crippen LogP contribution in [-0.2, 0) is 16.0 Å². The predicted molar refractivity (Wildman–Crippen MR) is 146 cm³/mol. The summed E-state index contributed by atoms with van der Waals surface area (Å²) in [4.78, 5) is 31.4. The van der Waals surface area contributed by atoms with Crippen molar-refractivity contribution in [3.8, 4) is 0 Å². The number of para-hydroxylation sites is 1. The lowest BCUT2D eigenvalue weighted by Gasteiger charge is -2.44. The molecule has 5 rings (SSSR count). The van der Waals surface area contributed by atoms with Gasteiger partial charge >= 0.3 is 0 Å². The van der Waals surface area contributed by atoms with E-state index in [1.807, 2.05) is 18.2 Å². The van der Waals surface area contributed by atoms with Crippen LogP contribution in [-0.4, -0.2) is 22.7 Å². The van der Waals surface area contributed by atoms with Crippen molar-refractivity contribution in [3.63, 3.8) is 0 Å². The Balaban J connectivity index is 1.58. The van der Waals surface area contributed by atoms with Gasteiger partial charge in [0.2, 0.25) is 5.91 Å². The third-order valence-electron chi connectivity index (χ3n) is 8.79. The van der Waals surface area contributed by atoms with Gasteiger partial charge in [0.25, 0.3) is 0 Å². The van der Waals surface area contributed by atoms with E-state index < -0.39 is 5.41 Å². The van der Waals surface area contributed by atoms with Gasteiger partial charge < -0.3 is 10.3 Å². The summed E-state index contributed by atoms with van der Waals surface area (Å²) in [6.45, 7) is 8.74. The van der Waals surface area contributed by atoms with E-state index in [1.54, 1.807) is 6.08 Å². The van der Waals surface area contributed by atoms with Crippen LogP contribution in [0.3, 0.4) is 0 Å². The molecule has 2 heterocycles. The number of hydrogen-bond donors (Lipinski definition) is 2. The van der Waals surface area contributed by atoms with Gasteiger partial charge in [0, 0.05) is 35.0 Å². The van der Waals surface area contributed by atoms with Crippen LogP contribution >= 0.6 is 0 Å². The number of fused-ring (bicyclic) bond motifs is 1. The van der Waals surface area contributed by atoms with Gasteiger partial charge in [0.05, 0.1) is 0 Å². The summed E-state index contributed by atoms with van der Waals surface area (Å²) in [5, 5.41) is 4.50. The standard InChI is InChI=1S/C32H38N2O2/c1-20-10-5-8-15-29(35)32-25(12-9-11-21(2)16-20)17-22(3)23(4)30(32)28(34-31(32)36)18-24-19-33-27-14-7-6-13-26(24)27/h6-9,12-17,19,21,23,25,28,30,33H,5,10-11,18H2,1-4H3,(H,34,36)/b12-9+,15-8+,20-16-/t21-,23+,25-,28-,30-,32+/m0/s1. The maximum atomic E-state index is 14.1. The van der Waals surface area contributed by atoms with Gasteiger partial charge in [-0.05, 0) is 69.1 Å². The minimum absolute atomic E-state index is 0.0504. The van der Waals surface area contributed by atoms with E-state index in [4.69, 9.17) is 0 Å². The van der Waals surface area contributed by atoms with Crippen molar-refractivity contribution < 1.29 is 9.59 Å². The highest BCUT2D eigenvalue weighted by atomic mass is 16.2. The average molecular weight is 483 g/mol. The first-order valence-corrected chi connectivity index (χ1v) is 13.4. The van der Waals surface area contributed by atoms with E-state index >= 15 is 0 Å². The monoisotopic (exact) mass is 482 g/mol. The topological polar surface area (TPSA) is 62.0 Å². The molecule has 0 radical (unpaired) electrons. The van der Waals surface area contributed by atoms with E-state index in [0.717, 1.165) is 24.8 Å². The van der Waals surface area contributed by atoms with Gasteiger partial charge in [-0.25, -0.2) is 0 Å². The van der Waals surface area contributed by atoms with Crippen LogP contribution in [0, 0.1) is 29.1 Å². The molecule has 36 heavy (non-hydrogen) atoms. The average Bonchev–Trinajstić information content (AvgIpc) is 3.38. The molecule has 6 atom stereocenters. The number of aromatic nitrogens is 1. The number of nitrogens with one attached hydrogen (secondary N) is 2. The van der Waals surface area contributed by atoms with Gasteiger partial charge in [-0.2, -0.15) is 0 Å². The lowest BCUT2D eigenvalue weighted by atomic mass is 9.55. The quantitative estimate of drug-likeness (QED) is 0.381. The first-order valence-electron chi connectivity index (χ1n) is 13.4. The van der Waals surface area contributed by atoms with Gasteiger partial charge in [-0.1, -0.05) is 73.6 Å². The minimum atomic E-state index is -1.11. The van der Waals surface area contributed by atoms with Crippen LogP contribution in [0.5, 0.6) is 0 Å². The molecule has 188 valence electrons. The molecule has 1 fully saturated rings. The van der Waals surface area contributed by atoms with Crippen molar-refractivity contribution in [2.24, 2.45) is 29.1 Å². The molecule has 3 aliphatic rings. The Hall–Kier alpha value is -3.14. The number of carbonyl (C=O) groups is 2. The summed E-state index contributed by atoms with van der Waals surface area (Å²) in [6, 6.07) is 8.17. The predicted octanol–water partition coefficient (Wildman–Crippen LogP) is 6.47. The molecular formula is C32H38N2O2. The SMILES string of the molecule is CC1=C[C@@H]2/C=C/C[C@H](C)/C=C(/C)CC/C=C/C(=O)[C@]23C(=O)N[C@@H](Cc2c[nH]c4ccccc24)[C@@H]3[C@@H]1C. The molecule has 2 N–H and O–H groups in total. The summed E-state index contributed by atoms with van der Waals surface area (Å²) >= 11 is 0. The number of ketones is 1. The highest BCUT2D eigenvalue weighted by molar-refractivity contribution is 6.13. The second kappa shape index (κ2) is 9.72. The fourth-order valence-electron chi connectivity index (χ4n) is 6.89. The van der Waals surface area contributed by atoms with Crippen molar-refractivity contribution >= 4 is 22.6 Å². The summed E-state index contributed by atoms with van der Waals surface area (Å²) in [6.07, 6.45) is 17.9. The van der Waals surface area contributed by atoms with Crippen molar-refractivity contribution in [1.29, 1.82) is 0 Å². The van der Waals surface area contributed by atoms with Crippen LogP contribution in [0.4, 0.5) is 0 Å². The van der Waals surface area contributed by atoms with Crippen LogP contribution in [0.1, 0.15) is 52.5 Å². The normalized spacial score (nSPS) is 36.3. The Labute approximate surface area is 214 Å². The first kappa shape index (κ1) is 24.5. The van der Waals surface area contributed by atoms with Crippen LogP contribution in [0.15, 0.2) is 78.1 Å². The van der Waals surface area contributed by atoms with E-state index in [2.05, 4.69) is 80.6 Å². The van der Waals surface area contributed by atoms with Gasteiger partial charge in [-0.15, -0.1) is 0 Å². The van der Waals surface area contributed by atoms with Gasteiger partial charge in [-0.3, -0.25) is 9.59 Å². The zero-order chi connectivity index (χ0) is 25.4. The smallest absolute Gasteiger partial charge is 0.235 e. The molecule has 1 saturated heterocycles. The largest absolute Gasteiger partial charge is 0.361 e. The molecule has 2 aliphatic carbocycles. The number of allylic oxidation sites excluding steroid dienone is 8. The number of carbonyl (C=O) groups excluding carboxylic acids is 2. The third kappa shape index (κ3) is 4.11. The molecule has 1 amide bonds. The Kier molecular flexibility index (Phi) is 6.63. The number of H-pyrrole nitrogens is 1. The molecule has 0 saturated carbocycles. The van der Waals surface area contributed by atoms with E-state index in [0.29, 0.717) is 12.3 Å². The van der Waals surface area contributed by atoms with E-state index in [9.17, 15) is 9.59 Å². The number of rotatable bonds is 2. The van der Waals surface area contributed by atoms with Crippen molar-refractivity contribution in [3.05, 3.63) is 83.6 Å². The highest BCUT2D eigenvalue weighted by Gasteiger charge is 2.64. The number of aromatic amines is 1. The fourth-order valence-corrected chi connectivity index (χ4v) is 6.89. The van der Waals surface area contributed by atoms with Gasteiger partial charge in [0.1, 0.15) is 5.41 Å². The molecule has 4 heteroatoms. The molecule has 1 aromatic carbocycles. The highest BCUT2D eigenvalue weighted by Crippen LogP contribution is 2.54. The molecular weight excluding hydrogens is 444 g/mol. The zero-order valence-corrected chi connectivity index (χ0v) is 21.9. The van der Waals surface area contributed by atoms with Crippen molar-refractivity contribution in [1.82, 2.24) is 10.3 Å². The van der Waals surface area contributed by atoms with Crippen molar-refractivity contribution in [2.45, 2.75) is 59.4 Å². The second-order valence-corrected chi connectivity index (χ2v) is 11.2. The summed E-state index contributed by atoms with van der Waals surface area (Å²) in [7, 11) is 0. The Bertz CT molecular complexity index is 1290. The molecule has 1 spiro atoms. The second-order valence-electron chi connectivity index (χ2n) is 11.2. The minimum Gasteiger partial charge on any atom is -0.361 e. The van der Waals surface area contributed by atoms with Gasteiger partial charge in [0.15, 0.2) is 5.78 Å². The lowest BCUT2D eigenvalue weighted by molar-refractivity contribution is -0.142. The Morgan fingerprint density at radius 1 is 1.06 bits per heavy atom. The molecule has 0 unspecified atom stereocenters. The summed E-state index contributed by atoms with van der Waals surface area (Å²) in [5.74, 6) is 0.0208. The fraction of sp³-hybridized carbons (Fsp3) is 0.438. The zero-order valence-electron chi connectivity index (χ0n) is 21.9. The molecule has 4 nitrogen and oxygen atoms in total. The molecule has 1 aliphatic heterocycles. The first-order chi connectivity index (χ1) is 17.3. The van der Waals surface area contributed by atoms with Crippen LogP contribution in [0.2, 0.25) is 0 Å². The maximum absolute atomic E-state index is 14.1. The Morgan fingerprint density at radius 2 is 1.86 bits per heavy atom. The number of amides is 1. The molecule has 2 aromatic rings. The number of hydrogen-bond acceptors (Lipinski definition) is 2. The Morgan fingerprint density at radius 3 is 2.69 bits per heavy atom. The lowest BCUT2D eigenvalue weighted by Crippen LogP contribution is -2.51. The number of benzene rings is 1. The van der Waals surface area contributed by atoms with E-state index in [-0.39, 0.29) is 35.5 Å². The third-order valence-corrected chi connectivity index (χ3v) is 8.79. The van der Waals surface area contributed by atoms with E-state index in [1.165, 1.54) is 22.1 Å².